The van der Waals surface area contributed by atoms with Crippen molar-refractivity contribution >= 4 is 11.6 Å². The fraction of sp³-hybridized carbons (Fsp3) is 0.562. The van der Waals surface area contributed by atoms with Gasteiger partial charge in [-0.3, -0.25) is 4.79 Å². The summed E-state index contributed by atoms with van der Waals surface area (Å²) in [5, 5.41) is 3.08. The van der Waals surface area contributed by atoms with Crippen LogP contribution in [-0.2, 0) is 11.2 Å². The van der Waals surface area contributed by atoms with E-state index in [1.54, 1.807) is 0 Å². The van der Waals surface area contributed by atoms with Crippen LogP contribution in [0.1, 0.15) is 38.2 Å². The summed E-state index contributed by atoms with van der Waals surface area (Å²) >= 11 is 0. The van der Waals surface area contributed by atoms with E-state index in [4.69, 9.17) is 0 Å². The summed E-state index contributed by atoms with van der Waals surface area (Å²) in [7, 11) is 0. The Morgan fingerprint density at radius 3 is 2.56 bits per heavy atom. The normalized spacial score (nSPS) is 29.5. The summed E-state index contributed by atoms with van der Waals surface area (Å²) in [5.41, 5.74) is 2.26. The van der Waals surface area contributed by atoms with E-state index in [1.807, 2.05) is 12.1 Å². The van der Waals surface area contributed by atoms with Gasteiger partial charge in [0.2, 0.25) is 5.91 Å². The van der Waals surface area contributed by atoms with Crippen LogP contribution >= 0.6 is 0 Å². The molecule has 2 aliphatic carbocycles. The van der Waals surface area contributed by atoms with Crippen molar-refractivity contribution in [3.8, 4) is 0 Å². The van der Waals surface area contributed by atoms with Crippen LogP contribution in [0.3, 0.4) is 0 Å². The summed E-state index contributed by atoms with van der Waals surface area (Å²) in [6, 6.07) is 8.22. The molecule has 1 amide bonds. The number of benzene rings is 1. The van der Waals surface area contributed by atoms with E-state index >= 15 is 0 Å². The second-order valence-corrected chi connectivity index (χ2v) is 5.82. The number of carbonyl (C=O) groups excluding carboxylic acids is 1. The second-order valence-electron chi connectivity index (χ2n) is 5.82. The number of hydrogen-bond donors (Lipinski definition) is 1. The van der Waals surface area contributed by atoms with Gasteiger partial charge in [0.1, 0.15) is 0 Å². The molecule has 3 atom stereocenters. The first-order chi connectivity index (χ1) is 8.76. The topological polar surface area (TPSA) is 29.1 Å². The van der Waals surface area contributed by atoms with Gasteiger partial charge in [0.05, 0.1) is 0 Å². The van der Waals surface area contributed by atoms with Crippen molar-refractivity contribution in [2.75, 3.05) is 5.32 Å². The summed E-state index contributed by atoms with van der Waals surface area (Å²) < 4.78 is 0. The predicted molar refractivity (Wildman–Crippen MR) is 73.4 cm³/mol. The molecule has 1 N–H and O–H groups in total. The van der Waals surface area contributed by atoms with Gasteiger partial charge in [-0.05, 0) is 55.2 Å². The average Bonchev–Trinajstić information content (AvgIpc) is 3.02. The number of fused-ring (bicyclic) bond motifs is 2. The van der Waals surface area contributed by atoms with Crippen molar-refractivity contribution in [2.45, 2.75) is 39.0 Å². The Kier molecular flexibility index (Phi) is 3.11. The molecule has 1 aromatic rings. The molecule has 3 rings (SSSR count). The third-order valence-corrected chi connectivity index (χ3v) is 4.70. The minimum absolute atomic E-state index is 0.242. The average molecular weight is 243 g/mol. The summed E-state index contributed by atoms with van der Waals surface area (Å²) in [6.07, 6.45) is 6.05. The van der Waals surface area contributed by atoms with Crippen molar-refractivity contribution in [1.82, 2.24) is 0 Å². The van der Waals surface area contributed by atoms with Gasteiger partial charge in [-0.2, -0.15) is 0 Å². The quantitative estimate of drug-likeness (QED) is 0.863. The Morgan fingerprint density at radius 1 is 1.22 bits per heavy atom. The number of hydrogen-bond acceptors (Lipinski definition) is 1. The molecule has 0 saturated heterocycles. The van der Waals surface area contributed by atoms with Gasteiger partial charge < -0.3 is 5.32 Å². The Bertz CT molecular complexity index is 437. The fourth-order valence-corrected chi connectivity index (χ4v) is 3.62. The van der Waals surface area contributed by atoms with Crippen LogP contribution < -0.4 is 5.32 Å². The van der Waals surface area contributed by atoms with E-state index < -0.39 is 0 Å². The highest BCUT2D eigenvalue weighted by atomic mass is 16.1. The summed E-state index contributed by atoms with van der Waals surface area (Å²) in [6.45, 7) is 2.14. The third kappa shape index (κ3) is 2.16. The number of nitrogens with one attached hydrogen (secondary N) is 1. The molecule has 0 aliphatic heterocycles. The number of rotatable bonds is 3. The molecule has 18 heavy (non-hydrogen) atoms. The highest BCUT2D eigenvalue weighted by molar-refractivity contribution is 5.93. The van der Waals surface area contributed by atoms with E-state index in [0.717, 1.165) is 24.4 Å². The van der Waals surface area contributed by atoms with Crippen molar-refractivity contribution in [3.63, 3.8) is 0 Å². The van der Waals surface area contributed by atoms with Crippen LogP contribution in [0.25, 0.3) is 0 Å². The smallest absolute Gasteiger partial charge is 0.227 e. The molecule has 2 fully saturated rings. The predicted octanol–water partition coefficient (Wildman–Crippen LogP) is 3.62. The summed E-state index contributed by atoms with van der Waals surface area (Å²) in [4.78, 5) is 12.2. The molecular weight excluding hydrogens is 222 g/mol. The lowest BCUT2D eigenvalue weighted by atomic mass is 9.88. The minimum atomic E-state index is 0.242. The zero-order valence-electron chi connectivity index (χ0n) is 11.0. The van der Waals surface area contributed by atoms with E-state index in [0.29, 0.717) is 5.92 Å². The minimum Gasteiger partial charge on any atom is -0.326 e. The van der Waals surface area contributed by atoms with E-state index in [-0.39, 0.29) is 11.8 Å². The molecule has 0 heterocycles. The van der Waals surface area contributed by atoms with E-state index in [2.05, 4.69) is 24.4 Å². The first-order valence-corrected chi connectivity index (χ1v) is 7.16. The van der Waals surface area contributed by atoms with E-state index in [9.17, 15) is 4.79 Å². The molecule has 2 saturated carbocycles. The largest absolute Gasteiger partial charge is 0.326 e. The SMILES string of the molecule is CCc1ccc(NC(=O)[C@@H]2C[C@H]3CC[C@H]2C3)cc1. The monoisotopic (exact) mass is 243 g/mol. The Labute approximate surface area is 109 Å². The van der Waals surface area contributed by atoms with Gasteiger partial charge in [0.15, 0.2) is 0 Å². The van der Waals surface area contributed by atoms with Gasteiger partial charge in [0.25, 0.3) is 0 Å². The molecule has 2 nitrogen and oxygen atoms in total. The number of amides is 1. The lowest BCUT2D eigenvalue weighted by Crippen LogP contribution is -2.27. The maximum atomic E-state index is 12.2. The van der Waals surface area contributed by atoms with Crippen LogP contribution in [0.4, 0.5) is 5.69 Å². The molecule has 2 heteroatoms. The van der Waals surface area contributed by atoms with Gasteiger partial charge in [0, 0.05) is 11.6 Å². The zero-order chi connectivity index (χ0) is 12.5. The Hall–Kier alpha value is -1.31. The Balaban J connectivity index is 1.63. The molecule has 1 aromatic carbocycles. The van der Waals surface area contributed by atoms with Crippen LogP contribution in [0.15, 0.2) is 24.3 Å². The van der Waals surface area contributed by atoms with Gasteiger partial charge >= 0.3 is 0 Å². The molecule has 0 radical (unpaired) electrons. The standard InChI is InChI=1S/C16H21NO/c1-2-11-4-7-14(8-5-11)17-16(18)15-10-12-3-6-13(15)9-12/h4-5,7-8,12-13,15H,2-3,6,9-10H2,1H3,(H,17,18)/t12-,13-,15+/m0/s1. The van der Waals surface area contributed by atoms with Crippen LogP contribution in [0.5, 0.6) is 0 Å². The molecule has 0 aromatic heterocycles. The summed E-state index contributed by atoms with van der Waals surface area (Å²) in [5.74, 6) is 2.00. The maximum Gasteiger partial charge on any atom is 0.227 e. The number of aryl methyl sites for hydroxylation is 1. The third-order valence-electron chi connectivity index (χ3n) is 4.70. The molecule has 2 aliphatic rings. The zero-order valence-corrected chi connectivity index (χ0v) is 11.0. The highest BCUT2D eigenvalue weighted by Crippen LogP contribution is 2.48. The van der Waals surface area contributed by atoms with Gasteiger partial charge in [-0.15, -0.1) is 0 Å². The lowest BCUT2D eigenvalue weighted by Gasteiger charge is -2.20. The van der Waals surface area contributed by atoms with Gasteiger partial charge in [-0.1, -0.05) is 25.5 Å². The van der Waals surface area contributed by atoms with Crippen molar-refractivity contribution < 1.29 is 4.79 Å². The molecule has 96 valence electrons. The van der Waals surface area contributed by atoms with Crippen LogP contribution in [-0.4, -0.2) is 5.91 Å². The first kappa shape index (κ1) is 11.8. The van der Waals surface area contributed by atoms with Crippen molar-refractivity contribution in [1.29, 1.82) is 0 Å². The fourth-order valence-electron chi connectivity index (χ4n) is 3.62. The highest BCUT2D eigenvalue weighted by Gasteiger charge is 2.42. The van der Waals surface area contributed by atoms with Crippen molar-refractivity contribution in [2.24, 2.45) is 17.8 Å². The molecule has 0 unspecified atom stereocenters. The number of anilines is 1. The lowest BCUT2D eigenvalue weighted by molar-refractivity contribution is -0.121. The van der Waals surface area contributed by atoms with Crippen molar-refractivity contribution in [3.05, 3.63) is 29.8 Å². The molecule has 0 spiro atoms. The maximum absolute atomic E-state index is 12.2. The molecular formula is C16H21NO. The van der Waals surface area contributed by atoms with Crippen LogP contribution in [0.2, 0.25) is 0 Å². The van der Waals surface area contributed by atoms with Crippen LogP contribution in [0, 0.1) is 17.8 Å². The Morgan fingerprint density at radius 2 is 2.00 bits per heavy atom. The second kappa shape index (κ2) is 4.75. The first-order valence-electron chi connectivity index (χ1n) is 7.16. The van der Waals surface area contributed by atoms with E-state index in [1.165, 1.54) is 24.8 Å². The van der Waals surface area contributed by atoms with Gasteiger partial charge in [-0.25, -0.2) is 0 Å². The molecule has 2 bridgehead atoms. The number of carbonyl (C=O) groups is 1.